The summed E-state index contributed by atoms with van der Waals surface area (Å²) in [4.78, 5) is 3.87. The molecule has 0 aliphatic heterocycles. The molecule has 0 unspecified atom stereocenters. The van der Waals surface area contributed by atoms with E-state index in [0.717, 1.165) is 11.6 Å². The van der Waals surface area contributed by atoms with Gasteiger partial charge >= 0.3 is 6.18 Å². The molecule has 2 aromatic rings. The lowest BCUT2D eigenvalue weighted by Gasteiger charge is -2.13. The van der Waals surface area contributed by atoms with Crippen LogP contribution in [0.3, 0.4) is 0 Å². The lowest BCUT2D eigenvalue weighted by Crippen LogP contribution is -2.10. The number of hydrogen-bond donors (Lipinski definition) is 2. The van der Waals surface area contributed by atoms with E-state index in [0.29, 0.717) is 12.2 Å². The molecule has 0 aliphatic rings. The van der Waals surface area contributed by atoms with Crippen molar-refractivity contribution in [1.29, 1.82) is 0 Å². The summed E-state index contributed by atoms with van der Waals surface area (Å²) in [6, 6.07) is 7.35. The van der Waals surface area contributed by atoms with Crippen molar-refractivity contribution in [3.63, 3.8) is 0 Å². The molecule has 19 heavy (non-hydrogen) atoms. The Bertz CT molecular complexity index is 553. The van der Waals surface area contributed by atoms with Crippen molar-refractivity contribution in [2.75, 3.05) is 11.1 Å². The summed E-state index contributed by atoms with van der Waals surface area (Å²) in [5.74, 6) is 0. The fraction of sp³-hybridized carbons (Fsp3) is 0.154. The van der Waals surface area contributed by atoms with Crippen molar-refractivity contribution in [2.45, 2.75) is 12.7 Å². The van der Waals surface area contributed by atoms with Gasteiger partial charge in [-0.3, -0.25) is 4.98 Å². The average Bonchev–Trinajstić information content (AvgIpc) is 2.37. The molecule has 0 spiro atoms. The topological polar surface area (TPSA) is 50.9 Å². The van der Waals surface area contributed by atoms with Crippen LogP contribution in [-0.2, 0) is 12.7 Å². The second kappa shape index (κ2) is 5.17. The number of aromatic nitrogens is 1. The van der Waals surface area contributed by atoms with E-state index >= 15 is 0 Å². The number of anilines is 2. The molecule has 3 nitrogen and oxygen atoms in total. The minimum absolute atomic E-state index is 0.276. The molecule has 1 aromatic carbocycles. The Morgan fingerprint density at radius 1 is 1.11 bits per heavy atom. The van der Waals surface area contributed by atoms with E-state index in [4.69, 9.17) is 5.73 Å². The zero-order valence-corrected chi connectivity index (χ0v) is 9.91. The summed E-state index contributed by atoms with van der Waals surface area (Å²) in [6.07, 6.45) is -1.19. The Balaban J connectivity index is 2.14. The molecule has 2 rings (SSSR count). The highest BCUT2D eigenvalue weighted by Crippen LogP contribution is 2.35. The summed E-state index contributed by atoms with van der Waals surface area (Å²) in [5.41, 5.74) is 5.53. The first-order valence-corrected chi connectivity index (χ1v) is 5.56. The maximum absolute atomic E-state index is 12.7. The van der Waals surface area contributed by atoms with Crippen molar-refractivity contribution >= 4 is 11.4 Å². The fourth-order valence-corrected chi connectivity index (χ4v) is 1.62. The van der Waals surface area contributed by atoms with Crippen molar-refractivity contribution in [3.8, 4) is 0 Å². The molecule has 0 radical (unpaired) electrons. The van der Waals surface area contributed by atoms with Gasteiger partial charge in [0.15, 0.2) is 0 Å². The number of alkyl halides is 3. The molecule has 0 saturated heterocycles. The number of halogens is 3. The highest BCUT2D eigenvalue weighted by molar-refractivity contribution is 5.58. The Morgan fingerprint density at radius 3 is 2.42 bits per heavy atom. The third kappa shape index (κ3) is 3.37. The molecular weight excluding hydrogens is 255 g/mol. The van der Waals surface area contributed by atoms with Crippen LogP contribution in [0.2, 0.25) is 0 Å². The largest absolute Gasteiger partial charge is 0.418 e. The predicted octanol–water partition coefficient (Wildman–Crippen LogP) is 3.29. The quantitative estimate of drug-likeness (QED) is 0.839. The smallest absolute Gasteiger partial charge is 0.398 e. The third-order valence-corrected chi connectivity index (χ3v) is 2.60. The molecule has 1 aromatic heterocycles. The molecule has 0 bridgehead atoms. The Morgan fingerprint density at radius 2 is 1.79 bits per heavy atom. The number of nitrogens with one attached hydrogen (secondary N) is 1. The number of benzene rings is 1. The SMILES string of the molecule is Nc1ccc(NCc2ccncc2)cc1C(F)(F)F. The van der Waals surface area contributed by atoms with Crippen molar-refractivity contribution < 1.29 is 13.2 Å². The highest BCUT2D eigenvalue weighted by Gasteiger charge is 2.33. The van der Waals surface area contributed by atoms with Crippen molar-refractivity contribution in [3.05, 3.63) is 53.9 Å². The van der Waals surface area contributed by atoms with E-state index in [1.807, 2.05) is 0 Å². The van der Waals surface area contributed by atoms with E-state index in [-0.39, 0.29) is 5.69 Å². The first kappa shape index (κ1) is 13.2. The molecule has 0 saturated carbocycles. The molecule has 0 aliphatic carbocycles. The van der Waals surface area contributed by atoms with Crippen LogP contribution < -0.4 is 11.1 Å². The summed E-state index contributed by atoms with van der Waals surface area (Å²) in [6.45, 7) is 0.420. The van der Waals surface area contributed by atoms with Gasteiger partial charge in [-0.15, -0.1) is 0 Å². The van der Waals surface area contributed by atoms with Crippen molar-refractivity contribution in [1.82, 2.24) is 4.98 Å². The lowest BCUT2D eigenvalue weighted by atomic mass is 10.1. The maximum atomic E-state index is 12.7. The normalized spacial score (nSPS) is 11.3. The van der Waals surface area contributed by atoms with E-state index in [9.17, 15) is 13.2 Å². The number of nitrogens with zero attached hydrogens (tertiary/aromatic N) is 1. The average molecular weight is 267 g/mol. The summed E-state index contributed by atoms with van der Waals surface area (Å²) in [5, 5.41) is 2.92. The van der Waals surface area contributed by atoms with Gasteiger partial charge in [0.2, 0.25) is 0 Å². The van der Waals surface area contributed by atoms with Gasteiger partial charge in [-0.05, 0) is 35.9 Å². The summed E-state index contributed by atoms with van der Waals surface area (Å²) in [7, 11) is 0. The van der Waals surface area contributed by atoms with Crippen LogP contribution >= 0.6 is 0 Å². The van der Waals surface area contributed by atoms with Gasteiger partial charge in [0, 0.05) is 30.3 Å². The highest BCUT2D eigenvalue weighted by atomic mass is 19.4. The van der Waals surface area contributed by atoms with E-state index in [2.05, 4.69) is 10.3 Å². The third-order valence-electron chi connectivity index (χ3n) is 2.60. The number of hydrogen-bond acceptors (Lipinski definition) is 3. The second-order valence-corrected chi connectivity index (χ2v) is 4.01. The first-order chi connectivity index (χ1) is 8.97. The molecule has 6 heteroatoms. The number of pyridine rings is 1. The monoisotopic (exact) mass is 267 g/mol. The van der Waals surface area contributed by atoms with Crippen LogP contribution in [0.4, 0.5) is 24.5 Å². The minimum atomic E-state index is -4.45. The molecule has 0 amide bonds. The molecule has 3 N–H and O–H groups in total. The summed E-state index contributed by atoms with van der Waals surface area (Å²) >= 11 is 0. The van der Waals surface area contributed by atoms with Gasteiger partial charge in [0.1, 0.15) is 0 Å². The molecule has 1 heterocycles. The van der Waals surface area contributed by atoms with E-state index in [1.54, 1.807) is 24.5 Å². The molecule has 0 fully saturated rings. The van der Waals surface area contributed by atoms with Gasteiger partial charge < -0.3 is 11.1 Å². The van der Waals surface area contributed by atoms with Gasteiger partial charge in [0.25, 0.3) is 0 Å². The zero-order chi connectivity index (χ0) is 13.9. The van der Waals surface area contributed by atoms with Gasteiger partial charge in [0.05, 0.1) is 5.56 Å². The van der Waals surface area contributed by atoms with E-state index in [1.165, 1.54) is 12.1 Å². The van der Waals surface area contributed by atoms with Crippen LogP contribution in [0.5, 0.6) is 0 Å². The van der Waals surface area contributed by atoms with Crippen LogP contribution in [-0.4, -0.2) is 4.98 Å². The van der Waals surface area contributed by atoms with Crippen LogP contribution in [0.25, 0.3) is 0 Å². The summed E-state index contributed by atoms with van der Waals surface area (Å²) < 4.78 is 38.0. The molecule has 100 valence electrons. The van der Waals surface area contributed by atoms with Gasteiger partial charge in [-0.1, -0.05) is 0 Å². The number of nitrogens with two attached hydrogens (primary N) is 1. The van der Waals surface area contributed by atoms with Crippen LogP contribution in [0.15, 0.2) is 42.7 Å². The predicted molar refractivity (Wildman–Crippen MR) is 67.4 cm³/mol. The van der Waals surface area contributed by atoms with Gasteiger partial charge in [-0.2, -0.15) is 13.2 Å². The van der Waals surface area contributed by atoms with E-state index < -0.39 is 11.7 Å². The Kier molecular flexibility index (Phi) is 3.59. The molecular formula is C13H12F3N3. The fourth-order valence-electron chi connectivity index (χ4n) is 1.62. The molecule has 0 atom stereocenters. The maximum Gasteiger partial charge on any atom is 0.418 e. The standard InChI is InChI=1S/C13H12F3N3/c14-13(15,16)11-7-10(1-2-12(11)17)19-8-9-3-5-18-6-4-9/h1-7,19H,8,17H2. The van der Waals surface area contributed by atoms with Crippen molar-refractivity contribution in [2.24, 2.45) is 0 Å². The second-order valence-electron chi connectivity index (χ2n) is 4.01. The number of rotatable bonds is 3. The minimum Gasteiger partial charge on any atom is -0.398 e. The van der Waals surface area contributed by atoms with Crippen LogP contribution in [0, 0.1) is 0 Å². The van der Waals surface area contributed by atoms with Gasteiger partial charge in [-0.25, -0.2) is 0 Å². The first-order valence-electron chi connectivity index (χ1n) is 5.56. The Labute approximate surface area is 108 Å². The number of nitrogen functional groups attached to an aromatic ring is 1. The lowest BCUT2D eigenvalue weighted by molar-refractivity contribution is -0.136. The Hall–Kier alpha value is -2.24. The van der Waals surface area contributed by atoms with Crippen LogP contribution in [0.1, 0.15) is 11.1 Å². The zero-order valence-electron chi connectivity index (χ0n) is 9.91.